The molecule has 0 saturated carbocycles. The third-order valence-electron chi connectivity index (χ3n) is 3.33. The molecule has 1 atom stereocenters. The van der Waals surface area contributed by atoms with Crippen molar-refractivity contribution in [1.82, 2.24) is 4.72 Å². The molecule has 0 bridgehead atoms. The molecule has 2 aromatic carbocycles. The fourth-order valence-electron chi connectivity index (χ4n) is 2.09. The van der Waals surface area contributed by atoms with Gasteiger partial charge in [0.25, 0.3) is 0 Å². The van der Waals surface area contributed by atoms with E-state index in [-0.39, 0.29) is 10.7 Å². The summed E-state index contributed by atoms with van der Waals surface area (Å²) in [5.74, 6) is -0.122. The van der Waals surface area contributed by atoms with Crippen LogP contribution in [0.5, 0.6) is 0 Å². The number of hydrogen-bond acceptors (Lipinski definition) is 3. The topological polar surface area (TPSA) is 63.2 Å². The first-order chi connectivity index (χ1) is 10.7. The van der Waals surface area contributed by atoms with Gasteiger partial charge < -0.3 is 0 Å². The molecule has 23 heavy (non-hydrogen) atoms. The van der Waals surface area contributed by atoms with Gasteiger partial charge in [0.2, 0.25) is 10.0 Å². The van der Waals surface area contributed by atoms with Crippen LogP contribution in [0.3, 0.4) is 0 Å². The minimum Gasteiger partial charge on any atom is -0.295 e. The van der Waals surface area contributed by atoms with Crippen molar-refractivity contribution in [3.05, 3.63) is 63.6 Å². The summed E-state index contributed by atoms with van der Waals surface area (Å²) < 4.78 is 27.4. The Bertz CT molecular complexity index is 833. The summed E-state index contributed by atoms with van der Waals surface area (Å²) in [7, 11) is -3.73. The van der Waals surface area contributed by atoms with Crippen LogP contribution in [0, 0.1) is 0 Å². The van der Waals surface area contributed by atoms with Crippen molar-refractivity contribution in [1.29, 1.82) is 0 Å². The Labute approximate surface area is 145 Å². The number of carbonyl (C=O) groups is 1. The molecular weight excluding hydrogens is 357 g/mol. The van der Waals surface area contributed by atoms with Crippen molar-refractivity contribution in [2.45, 2.75) is 24.8 Å². The van der Waals surface area contributed by atoms with Gasteiger partial charge in [-0.1, -0.05) is 41.4 Å². The van der Waals surface area contributed by atoms with E-state index in [9.17, 15) is 13.2 Å². The monoisotopic (exact) mass is 371 g/mol. The molecule has 122 valence electrons. The van der Waals surface area contributed by atoms with Gasteiger partial charge in [0.05, 0.1) is 4.90 Å². The zero-order chi connectivity index (χ0) is 17.2. The molecule has 0 aromatic heterocycles. The fourth-order valence-corrected chi connectivity index (χ4v) is 3.88. The Morgan fingerprint density at radius 3 is 2.22 bits per heavy atom. The molecule has 0 heterocycles. The van der Waals surface area contributed by atoms with Gasteiger partial charge in [-0.25, -0.2) is 13.1 Å². The molecular formula is C16H15Cl2NO3S. The van der Waals surface area contributed by atoms with E-state index in [2.05, 4.69) is 4.72 Å². The number of rotatable bonds is 5. The van der Waals surface area contributed by atoms with Crippen LogP contribution in [0.1, 0.15) is 35.8 Å². The van der Waals surface area contributed by atoms with Crippen LogP contribution in [-0.2, 0) is 10.0 Å². The largest absolute Gasteiger partial charge is 0.295 e. The Balaban J connectivity index is 2.24. The molecule has 0 fully saturated rings. The highest BCUT2D eigenvalue weighted by molar-refractivity contribution is 7.89. The second-order valence-corrected chi connectivity index (χ2v) is 7.65. The van der Waals surface area contributed by atoms with Crippen molar-refractivity contribution in [2.75, 3.05) is 0 Å². The maximum atomic E-state index is 12.4. The molecule has 4 nitrogen and oxygen atoms in total. The van der Waals surface area contributed by atoms with Crippen LogP contribution in [-0.4, -0.2) is 14.2 Å². The van der Waals surface area contributed by atoms with Crippen molar-refractivity contribution in [3.8, 4) is 0 Å². The molecule has 0 radical (unpaired) electrons. The second kappa shape index (κ2) is 7.01. The van der Waals surface area contributed by atoms with E-state index in [1.54, 1.807) is 25.1 Å². The smallest absolute Gasteiger partial charge is 0.241 e. The Kier molecular flexibility index (Phi) is 5.47. The number of ketones is 1. The second-order valence-electron chi connectivity index (χ2n) is 5.09. The Morgan fingerprint density at radius 2 is 1.70 bits per heavy atom. The van der Waals surface area contributed by atoms with Crippen LogP contribution in [0.15, 0.2) is 47.4 Å². The number of benzene rings is 2. The van der Waals surface area contributed by atoms with E-state index in [0.717, 1.165) is 0 Å². The number of nitrogens with one attached hydrogen (secondary N) is 1. The summed E-state index contributed by atoms with van der Waals surface area (Å²) >= 11 is 11.9. The number of halogens is 2. The standard InChI is InChI=1S/C16H15Cl2NO3S/c1-10(15-8-5-13(17)9-16(15)18)19-23(21,22)14-6-3-12(4-7-14)11(2)20/h3-10,19H,1-2H3/t10-/m1/s1. The number of hydrogen-bond donors (Lipinski definition) is 1. The summed E-state index contributed by atoms with van der Waals surface area (Å²) in [6.07, 6.45) is 0. The van der Waals surface area contributed by atoms with Crippen LogP contribution in [0.2, 0.25) is 10.0 Å². The molecule has 0 amide bonds. The highest BCUT2D eigenvalue weighted by Gasteiger charge is 2.20. The first-order valence-corrected chi connectivity index (χ1v) is 9.03. The predicted molar refractivity (Wildman–Crippen MR) is 91.6 cm³/mol. The van der Waals surface area contributed by atoms with Gasteiger partial charge in [-0.15, -0.1) is 0 Å². The first-order valence-electron chi connectivity index (χ1n) is 6.79. The highest BCUT2D eigenvalue weighted by atomic mass is 35.5. The fraction of sp³-hybridized carbons (Fsp3) is 0.188. The van der Waals surface area contributed by atoms with Gasteiger partial charge in [0, 0.05) is 21.7 Å². The molecule has 0 unspecified atom stereocenters. The van der Waals surface area contributed by atoms with Crippen LogP contribution in [0.25, 0.3) is 0 Å². The lowest BCUT2D eigenvalue weighted by Crippen LogP contribution is -2.27. The third-order valence-corrected chi connectivity index (χ3v) is 5.45. The lowest BCUT2D eigenvalue weighted by Gasteiger charge is -2.16. The van der Waals surface area contributed by atoms with E-state index in [1.807, 2.05) is 0 Å². The molecule has 2 aromatic rings. The maximum absolute atomic E-state index is 12.4. The lowest BCUT2D eigenvalue weighted by atomic mass is 10.1. The number of sulfonamides is 1. The third kappa shape index (κ3) is 4.32. The minimum absolute atomic E-state index is 0.0828. The van der Waals surface area contributed by atoms with Crippen molar-refractivity contribution in [3.63, 3.8) is 0 Å². The average molecular weight is 372 g/mol. The molecule has 0 aliphatic rings. The lowest BCUT2D eigenvalue weighted by molar-refractivity contribution is 0.101. The number of Topliss-reactive ketones (excluding diaryl/α,β-unsaturated/α-hetero) is 1. The van der Waals surface area contributed by atoms with E-state index in [1.165, 1.54) is 31.2 Å². The molecule has 2 rings (SSSR count). The maximum Gasteiger partial charge on any atom is 0.241 e. The summed E-state index contributed by atoms with van der Waals surface area (Å²) in [6, 6.07) is 10.1. The summed E-state index contributed by atoms with van der Waals surface area (Å²) in [5.41, 5.74) is 1.08. The summed E-state index contributed by atoms with van der Waals surface area (Å²) in [4.78, 5) is 11.3. The predicted octanol–water partition coefficient (Wildman–Crippen LogP) is 4.24. The molecule has 0 aliphatic carbocycles. The normalized spacial score (nSPS) is 12.9. The van der Waals surface area contributed by atoms with E-state index in [0.29, 0.717) is 21.2 Å². The Hall–Kier alpha value is -1.40. The van der Waals surface area contributed by atoms with Crippen LogP contribution >= 0.6 is 23.2 Å². The van der Waals surface area contributed by atoms with Crippen LogP contribution < -0.4 is 4.72 Å². The van der Waals surface area contributed by atoms with Gasteiger partial charge in [-0.05, 0) is 43.7 Å². The van der Waals surface area contributed by atoms with Crippen molar-refractivity contribution >= 4 is 39.0 Å². The van der Waals surface area contributed by atoms with Gasteiger partial charge in [0.15, 0.2) is 5.78 Å². The molecule has 7 heteroatoms. The summed E-state index contributed by atoms with van der Waals surface area (Å²) in [6.45, 7) is 3.11. The quantitative estimate of drug-likeness (QED) is 0.799. The van der Waals surface area contributed by atoms with E-state index in [4.69, 9.17) is 23.2 Å². The SMILES string of the molecule is CC(=O)c1ccc(S(=O)(=O)N[C@H](C)c2ccc(Cl)cc2Cl)cc1. The van der Waals surface area contributed by atoms with Gasteiger partial charge in [-0.2, -0.15) is 0 Å². The first kappa shape index (κ1) is 17.9. The molecule has 0 aliphatic heterocycles. The molecule has 0 spiro atoms. The average Bonchev–Trinajstić information content (AvgIpc) is 2.46. The van der Waals surface area contributed by atoms with Crippen molar-refractivity contribution < 1.29 is 13.2 Å². The van der Waals surface area contributed by atoms with E-state index < -0.39 is 16.1 Å². The minimum atomic E-state index is -3.73. The number of carbonyl (C=O) groups excluding carboxylic acids is 1. The zero-order valence-corrected chi connectivity index (χ0v) is 14.8. The summed E-state index contributed by atoms with van der Waals surface area (Å²) in [5, 5.41) is 0.869. The highest BCUT2D eigenvalue weighted by Crippen LogP contribution is 2.27. The van der Waals surface area contributed by atoms with Crippen molar-refractivity contribution in [2.24, 2.45) is 0 Å². The molecule has 1 N–H and O–H groups in total. The van der Waals surface area contributed by atoms with Gasteiger partial charge >= 0.3 is 0 Å². The van der Waals surface area contributed by atoms with Gasteiger partial charge in [-0.3, -0.25) is 4.79 Å². The molecule has 0 saturated heterocycles. The van der Waals surface area contributed by atoms with E-state index >= 15 is 0 Å². The Morgan fingerprint density at radius 1 is 1.09 bits per heavy atom. The van der Waals surface area contributed by atoms with Gasteiger partial charge in [0.1, 0.15) is 0 Å². The zero-order valence-electron chi connectivity index (χ0n) is 12.5. The van der Waals surface area contributed by atoms with Crippen LogP contribution in [0.4, 0.5) is 0 Å².